The summed E-state index contributed by atoms with van der Waals surface area (Å²) in [5, 5.41) is 22.6. The van der Waals surface area contributed by atoms with Crippen LogP contribution in [0.4, 0.5) is 5.82 Å². The lowest BCUT2D eigenvalue weighted by molar-refractivity contribution is -0.113. The van der Waals surface area contributed by atoms with Gasteiger partial charge < -0.3 is 9.88 Å². The van der Waals surface area contributed by atoms with Crippen LogP contribution in [0.1, 0.15) is 23.7 Å². The fraction of sp³-hybridized carbons (Fsp3) is 0.200. The molecule has 9 heteroatoms. The molecule has 2 aromatic carbocycles. The average molecular weight is 491 g/mol. The van der Waals surface area contributed by atoms with Gasteiger partial charge in [-0.05, 0) is 62.7 Å². The molecule has 0 fully saturated rings. The predicted octanol–water partition coefficient (Wildman–Crippen LogP) is 5.63. The number of halogens is 1. The molecular weight excluding hydrogens is 468 g/mol. The van der Waals surface area contributed by atoms with Crippen molar-refractivity contribution in [2.45, 2.75) is 32.5 Å². The van der Waals surface area contributed by atoms with Crippen LogP contribution < -0.4 is 5.32 Å². The first kappa shape index (κ1) is 23.6. The van der Waals surface area contributed by atoms with Crippen LogP contribution in [0.3, 0.4) is 0 Å². The largest absolute Gasteiger partial charge is 0.310 e. The van der Waals surface area contributed by atoms with Crippen LogP contribution in [0.15, 0.2) is 59.8 Å². The standard InChI is InChI=1S/C25H23ClN6OS/c1-4-31-23(18-10-12-19(26)13-11-18)29-30-25(31)34-15-22(33)28-24-21(14-27)16(2)17(3)32(24)20-8-6-5-7-9-20/h5-13H,4,15H2,1-3H3,(H,28,33). The van der Waals surface area contributed by atoms with E-state index in [1.807, 2.05) is 84.5 Å². The van der Waals surface area contributed by atoms with Crippen molar-refractivity contribution in [3.05, 3.63) is 76.4 Å². The molecule has 0 saturated carbocycles. The van der Waals surface area contributed by atoms with Crippen LogP contribution in [0, 0.1) is 25.2 Å². The van der Waals surface area contributed by atoms with Crippen LogP contribution in [-0.2, 0) is 11.3 Å². The molecular formula is C25H23ClN6OS. The molecule has 1 amide bonds. The Morgan fingerprint density at radius 1 is 1.12 bits per heavy atom. The van der Waals surface area contributed by atoms with Crippen LogP contribution in [-0.4, -0.2) is 31.0 Å². The minimum atomic E-state index is -0.227. The summed E-state index contributed by atoms with van der Waals surface area (Å²) in [5.41, 5.74) is 3.99. The molecule has 4 rings (SSSR count). The maximum absolute atomic E-state index is 12.9. The topological polar surface area (TPSA) is 88.5 Å². The lowest BCUT2D eigenvalue weighted by Gasteiger charge is -2.13. The Hall–Kier alpha value is -3.54. The van der Waals surface area contributed by atoms with E-state index in [9.17, 15) is 10.1 Å². The summed E-state index contributed by atoms with van der Waals surface area (Å²) in [6.45, 7) is 6.49. The zero-order valence-corrected chi connectivity index (χ0v) is 20.6. The van der Waals surface area contributed by atoms with E-state index >= 15 is 0 Å². The molecule has 2 heterocycles. The maximum Gasteiger partial charge on any atom is 0.236 e. The van der Waals surface area contributed by atoms with Crippen LogP contribution >= 0.6 is 23.4 Å². The van der Waals surface area contributed by atoms with Gasteiger partial charge in [-0.3, -0.25) is 9.36 Å². The Bertz CT molecular complexity index is 1370. The van der Waals surface area contributed by atoms with Gasteiger partial charge in [0.05, 0.1) is 11.3 Å². The van der Waals surface area contributed by atoms with E-state index in [0.717, 1.165) is 28.3 Å². The van der Waals surface area contributed by atoms with E-state index in [-0.39, 0.29) is 11.7 Å². The summed E-state index contributed by atoms with van der Waals surface area (Å²) in [6.07, 6.45) is 0. The van der Waals surface area contributed by atoms with Gasteiger partial charge in [0.1, 0.15) is 11.9 Å². The smallest absolute Gasteiger partial charge is 0.236 e. The molecule has 0 saturated heterocycles. The number of hydrogen-bond acceptors (Lipinski definition) is 5. The van der Waals surface area contributed by atoms with Crippen LogP contribution in [0.2, 0.25) is 5.02 Å². The van der Waals surface area contributed by atoms with E-state index < -0.39 is 0 Å². The molecule has 0 aliphatic rings. The summed E-state index contributed by atoms with van der Waals surface area (Å²) in [4.78, 5) is 12.9. The number of carbonyl (C=O) groups excluding carboxylic acids is 1. The highest BCUT2D eigenvalue weighted by atomic mass is 35.5. The Balaban J connectivity index is 1.55. The third-order valence-electron chi connectivity index (χ3n) is 5.57. The van der Waals surface area contributed by atoms with E-state index in [0.29, 0.717) is 28.1 Å². The molecule has 4 aromatic rings. The monoisotopic (exact) mass is 490 g/mol. The van der Waals surface area contributed by atoms with E-state index in [2.05, 4.69) is 21.6 Å². The Labute approximate surface area is 207 Å². The van der Waals surface area contributed by atoms with Gasteiger partial charge in [-0.15, -0.1) is 10.2 Å². The molecule has 0 aliphatic heterocycles. The second-order valence-corrected chi connectivity index (χ2v) is 8.99. The van der Waals surface area contributed by atoms with Gasteiger partial charge in [-0.1, -0.05) is 41.6 Å². The molecule has 0 bridgehead atoms. The van der Waals surface area contributed by atoms with Gasteiger partial charge in [0.2, 0.25) is 5.91 Å². The zero-order chi connectivity index (χ0) is 24.2. The molecule has 0 spiro atoms. The van der Waals surface area contributed by atoms with Gasteiger partial charge in [-0.25, -0.2) is 0 Å². The lowest BCUT2D eigenvalue weighted by Crippen LogP contribution is -2.18. The predicted molar refractivity (Wildman–Crippen MR) is 135 cm³/mol. The van der Waals surface area contributed by atoms with Crippen LogP contribution in [0.25, 0.3) is 17.1 Å². The first-order valence-electron chi connectivity index (χ1n) is 10.7. The molecule has 0 atom stereocenters. The lowest BCUT2D eigenvalue weighted by atomic mass is 10.2. The van der Waals surface area contributed by atoms with Crippen LogP contribution in [0.5, 0.6) is 0 Å². The van der Waals surface area contributed by atoms with Crippen molar-refractivity contribution < 1.29 is 4.79 Å². The molecule has 172 valence electrons. The number of anilines is 1. The van der Waals surface area contributed by atoms with Crippen molar-refractivity contribution >= 4 is 35.1 Å². The van der Waals surface area contributed by atoms with Gasteiger partial charge >= 0.3 is 0 Å². The van der Waals surface area contributed by atoms with Crippen molar-refractivity contribution in [2.24, 2.45) is 0 Å². The molecule has 2 aromatic heterocycles. The highest BCUT2D eigenvalue weighted by Gasteiger charge is 2.21. The molecule has 0 radical (unpaired) electrons. The van der Waals surface area contributed by atoms with Crippen molar-refractivity contribution in [2.75, 3.05) is 11.1 Å². The van der Waals surface area contributed by atoms with Gasteiger partial charge in [-0.2, -0.15) is 5.26 Å². The van der Waals surface area contributed by atoms with Crippen molar-refractivity contribution in [3.8, 4) is 23.1 Å². The van der Waals surface area contributed by atoms with E-state index in [1.54, 1.807) is 0 Å². The number of thioether (sulfide) groups is 1. The summed E-state index contributed by atoms with van der Waals surface area (Å²) < 4.78 is 3.87. The third kappa shape index (κ3) is 4.58. The van der Waals surface area contributed by atoms with E-state index in [4.69, 9.17) is 11.6 Å². The number of hydrogen-bond donors (Lipinski definition) is 1. The number of carbonyl (C=O) groups is 1. The number of benzene rings is 2. The highest BCUT2D eigenvalue weighted by molar-refractivity contribution is 7.99. The number of rotatable bonds is 7. The first-order valence-corrected chi connectivity index (χ1v) is 12.1. The summed E-state index contributed by atoms with van der Waals surface area (Å²) in [5.74, 6) is 1.10. The fourth-order valence-electron chi connectivity index (χ4n) is 3.75. The number of nitrogens with zero attached hydrogens (tertiary/aromatic N) is 5. The minimum Gasteiger partial charge on any atom is -0.310 e. The second-order valence-electron chi connectivity index (χ2n) is 7.61. The average Bonchev–Trinajstić information content (AvgIpc) is 3.36. The molecule has 7 nitrogen and oxygen atoms in total. The second kappa shape index (κ2) is 10.2. The SMILES string of the molecule is CCn1c(SCC(=O)Nc2c(C#N)c(C)c(C)n2-c2ccccc2)nnc1-c1ccc(Cl)cc1. The van der Waals surface area contributed by atoms with Crippen molar-refractivity contribution in [3.63, 3.8) is 0 Å². The molecule has 0 unspecified atom stereocenters. The van der Waals surface area contributed by atoms with E-state index in [1.165, 1.54) is 11.8 Å². The Morgan fingerprint density at radius 3 is 2.47 bits per heavy atom. The summed E-state index contributed by atoms with van der Waals surface area (Å²) >= 11 is 7.30. The maximum atomic E-state index is 12.9. The number of para-hydroxylation sites is 1. The fourth-order valence-corrected chi connectivity index (χ4v) is 4.68. The molecule has 34 heavy (non-hydrogen) atoms. The minimum absolute atomic E-state index is 0.127. The zero-order valence-electron chi connectivity index (χ0n) is 19.0. The summed E-state index contributed by atoms with van der Waals surface area (Å²) in [7, 11) is 0. The number of aromatic nitrogens is 4. The Kier molecular flexibility index (Phi) is 7.06. The third-order valence-corrected chi connectivity index (χ3v) is 6.78. The number of nitriles is 1. The van der Waals surface area contributed by atoms with Crippen molar-refractivity contribution in [1.29, 1.82) is 5.26 Å². The first-order chi connectivity index (χ1) is 16.4. The normalized spacial score (nSPS) is 10.8. The molecule has 0 aliphatic carbocycles. The Morgan fingerprint density at radius 2 is 1.82 bits per heavy atom. The van der Waals surface area contributed by atoms with Gasteiger partial charge in [0.15, 0.2) is 11.0 Å². The summed E-state index contributed by atoms with van der Waals surface area (Å²) in [6, 6.07) is 19.3. The van der Waals surface area contributed by atoms with Gasteiger partial charge in [0, 0.05) is 28.5 Å². The number of nitrogens with one attached hydrogen (secondary N) is 1. The van der Waals surface area contributed by atoms with Crippen molar-refractivity contribution in [1.82, 2.24) is 19.3 Å². The molecule has 1 N–H and O–H groups in total. The quantitative estimate of drug-likeness (QED) is 0.339. The highest BCUT2D eigenvalue weighted by Crippen LogP contribution is 2.30. The number of amides is 1. The van der Waals surface area contributed by atoms with Gasteiger partial charge in [0.25, 0.3) is 0 Å².